The lowest BCUT2D eigenvalue weighted by molar-refractivity contribution is -0.114. The number of hydrogen-bond acceptors (Lipinski definition) is 6. The number of rotatable bonds is 6. The standard InChI is InChI=1S/C15H15Cl2N5O2/c1-24-12-5-4-11(14(21-12)13(18)15(23)22-19)20-7-8-2-3-9(16)6-10(8)17/h2-6,18,20H,7,19H2,1H3,(H,22,23). The lowest BCUT2D eigenvalue weighted by Gasteiger charge is -2.13. The van der Waals surface area contributed by atoms with Gasteiger partial charge in [0, 0.05) is 22.7 Å². The molecule has 126 valence electrons. The van der Waals surface area contributed by atoms with Crippen LogP contribution in [0.2, 0.25) is 10.0 Å². The Balaban J connectivity index is 2.28. The van der Waals surface area contributed by atoms with E-state index in [0.717, 1.165) is 5.56 Å². The molecule has 2 rings (SSSR count). The fraction of sp³-hybridized carbons (Fsp3) is 0.133. The van der Waals surface area contributed by atoms with E-state index in [1.807, 2.05) is 5.43 Å². The van der Waals surface area contributed by atoms with Crippen molar-refractivity contribution in [3.8, 4) is 5.88 Å². The molecular formula is C15H15Cl2N5O2. The van der Waals surface area contributed by atoms with Crippen molar-refractivity contribution < 1.29 is 9.53 Å². The van der Waals surface area contributed by atoms with Crippen LogP contribution in [0.25, 0.3) is 0 Å². The molecule has 0 radical (unpaired) electrons. The highest BCUT2D eigenvalue weighted by Crippen LogP contribution is 2.24. The van der Waals surface area contributed by atoms with Crippen LogP contribution in [0.5, 0.6) is 5.88 Å². The number of aromatic nitrogens is 1. The van der Waals surface area contributed by atoms with Gasteiger partial charge in [-0.15, -0.1) is 0 Å². The maximum atomic E-state index is 11.6. The van der Waals surface area contributed by atoms with Gasteiger partial charge in [0.2, 0.25) is 5.88 Å². The second-order valence-corrected chi connectivity index (χ2v) is 5.53. The summed E-state index contributed by atoms with van der Waals surface area (Å²) in [6.07, 6.45) is 0. The number of ether oxygens (including phenoxy) is 1. The van der Waals surface area contributed by atoms with Crippen LogP contribution in [0.3, 0.4) is 0 Å². The first-order valence-electron chi connectivity index (χ1n) is 6.79. The van der Waals surface area contributed by atoms with Gasteiger partial charge in [-0.3, -0.25) is 15.6 Å². The fourth-order valence-electron chi connectivity index (χ4n) is 1.92. The molecule has 7 nitrogen and oxygen atoms in total. The second-order valence-electron chi connectivity index (χ2n) is 4.69. The molecule has 0 aliphatic heterocycles. The lowest BCUT2D eigenvalue weighted by Crippen LogP contribution is -2.37. The molecule has 0 saturated carbocycles. The molecule has 9 heteroatoms. The maximum Gasteiger partial charge on any atom is 0.285 e. The van der Waals surface area contributed by atoms with Gasteiger partial charge in [-0.2, -0.15) is 0 Å². The molecule has 0 atom stereocenters. The van der Waals surface area contributed by atoms with Crippen molar-refractivity contribution in [3.05, 3.63) is 51.6 Å². The average molecular weight is 368 g/mol. The van der Waals surface area contributed by atoms with Crippen LogP contribution in [0.4, 0.5) is 5.69 Å². The Kier molecular flexibility index (Phi) is 5.97. The Hall–Kier alpha value is -2.35. The van der Waals surface area contributed by atoms with Gasteiger partial charge >= 0.3 is 0 Å². The zero-order chi connectivity index (χ0) is 17.7. The van der Waals surface area contributed by atoms with E-state index in [4.69, 9.17) is 39.2 Å². The first-order valence-corrected chi connectivity index (χ1v) is 7.54. The van der Waals surface area contributed by atoms with E-state index in [9.17, 15) is 4.79 Å². The molecule has 0 unspecified atom stereocenters. The topological polar surface area (TPSA) is 113 Å². The number of pyridine rings is 1. The normalized spacial score (nSPS) is 10.2. The van der Waals surface area contributed by atoms with Crippen molar-refractivity contribution in [3.63, 3.8) is 0 Å². The Morgan fingerprint density at radius 1 is 1.33 bits per heavy atom. The molecule has 1 heterocycles. The largest absolute Gasteiger partial charge is 0.481 e. The van der Waals surface area contributed by atoms with Gasteiger partial charge in [0.25, 0.3) is 5.91 Å². The number of nitrogens with one attached hydrogen (secondary N) is 3. The predicted octanol–water partition coefficient (Wildman–Crippen LogP) is 2.37. The Labute approximate surface area is 148 Å². The lowest BCUT2D eigenvalue weighted by atomic mass is 10.1. The number of carbonyl (C=O) groups is 1. The molecule has 1 amide bonds. The molecule has 24 heavy (non-hydrogen) atoms. The molecule has 0 bridgehead atoms. The zero-order valence-electron chi connectivity index (χ0n) is 12.7. The molecule has 5 N–H and O–H groups in total. The summed E-state index contributed by atoms with van der Waals surface area (Å²) in [5.74, 6) is 4.59. The van der Waals surface area contributed by atoms with E-state index in [0.29, 0.717) is 22.3 Å². The third-order valence-electron chi connectivity index (χ3n) is 3.16. The summed E-state index contributed by atoms with van der Waals surface area (Å²) in [6.45, 7) is 0.356. The first-order chi connectivity index (χ1) is 11.5. The third-order valence-corrected chi connectivity index (χ3v) is 3.75. The molecule has 1 aromatic carbocycles. The smallest absolute Gasteiger partial charge is 0.285 e. The maximum absolute atomic E-state index is 11.6. The van der Waals surface area contributed by atoms with Crippen molar-refractivity contribution in [1.29, 1.82) is 5.41 Å². The highest BCUT2D eigenvalue weighted by molar-refractivity contribution is 6.44. The third kappa shape index (κ3) is 4.14. The summed E-state index contributed by atoms with van der Waals surface area (Å²) in [7, 11) is 1.44. The van der Waals surface area contributed by atoms with E-state index in [1.54, 1.807) is 30.3 Å². The van der Waals surface area contributed by atoms with Gasteiger partial charge in [0.15, 0.2) is 0 Å². The molecule has 2 aromatic rings. The minimum atomic E-state index is -0.761. The highest BCUT2D eigenvalue weighted by atomic mass is 35.5. The van der Waals surface area contributed by atoms with E-state index in [2.05, 4.69) is 10.3 Å². The van der Waals surface area contributed by atoms with Crippen LogP contribution in [0, 0.1) is 5.41 Å². The van der Waals surface area contributed by atoms with Crippen molar-refractivity contribution in [1.82, 2.24) is 10.4 Å². The number of methoxy groups -OCH3 is 1. The minimum Gasteiger partial charge on any atom is -0.481 e. The van der Waals surface area contributed by atoms with Gasteiger partial charge in [0.1, 0.15) is 11.4 Å². The van der Waals surface area contributed by atoms with E-state index >= 15 is 0 Å². The number of halogens is 2. The summed E-state index contributed by atoms with van der Waals surface area (Å²) in [5, 5.41) is 12.0. The Morgan fingerprint density at radius 2 is 2.08 bits per heavy atom. The number of hydrogen-bond donors (Lipinski definition) is 4. The van der Waals surface area contributed by atoms with Crippen molar-refractivity contribution in [2.45, 2.75) is 6.54 Å². The summed E-state index contributed by atoms with van der Waals surface area (Å²) < 4.78 is 5.03. The summed E-state index contributed by atoms with van der Waals surface area (Å²) >= 11 is 12.0. The number of benzene rings is 1. The quantitative estimate of drug-likeness (QED) is 0.271. The van der Waals surface area contributed by atoms with Crippen LogP contribution in [-0.4, -0.2) is 23.7 Å². The molecule has 0 spiro atoms. The molecule has 1 aromatic heterocycles. The van der Waals surface area contributed by atoms with E-state index < -0.39 is 5.91 Å². The van der Waals surface area contributed by atoms with Gasteiger partial charge < -0.3 is 10.1 Å². The van der Waals surface area contributed by atoms with Crippen LogP contribution in [-0.2, 0) is 11.3 Å². The van der Waals surface area contributed by atoms with Gasteiger partial charge in [-0.05, 0) is 23.8 Å². The summed E-state index contributed by atoms with van der Waals surface area (Å²) in [4.78, 5) is 15.8. The summed E-state index contributed by atoms with van der Waals surface area (Å²) in [5.41, 5.74) is 2.91. The Bertz CT molecular complexity index is 782. The molecule has 0 saturated heterocycles. The number of carbonyl (C=O) groups excluding carboxylic acids is 1. The van der Waals surface area contributed by atoms with Crippen LogP contribution in [0.1, 0.15) is 11.3 Å². The SMILES string of the molecule is COc1ccc(NCc2ccc(Cl)cc2Cl)c(C(=N)C(=O)NN)n1. The van der Waals surface area contributed by atoms with E-state index in [-0.39, 0.29) is 17.3 Å². The van der Waals surface area contributed by atoms with Gasteiger partial charge in [0.05, 0.1) is 12.8 Å². The molecular weight excluding hydrogens is 353 g/mol. The van der Waals surface area contributed by atoms with Crippen molar-refractivity contribution in [2.24, 2.45) is 5.84 Å². The average Bonchev–Trinajstić information content (AvgIpc) is 2.59. The number of nitrogens with zero attached hydrogens (tertiary/aromatic N) is 1. The zero-order valence-corrected chi connectivity index (χ0v) is 14.2. The second kappa shape index (κ2) is 7.96. The van der Waals surface area contributed by atoms with Crippen molar-refractivity contribution in [2.75, 3.05) is 12.4 Å². The number of hydrazine groups is 1. The summed E-state index contributed by atoms with van der Waals surface area (Å²) in [6, 6.07) is 8.41. The van der Waals surface area contributed by atoms with Gasteiger partial charge in [-0.1, -0.05) is 29.3 Å². The molecule has 0 aliphatic rings. The van der Waals surface area contributed by atoms with Gasteiger partial charge in [-0.25, -0.2) is 10.8 Å². The molecule has 0 aliphatic carbocycles. The highest BCUT2D eigenvalue weighted by Gasteiger charge is 2.18. The number of nitrogens with two attached hydrogens (primary N) is 1. The number of amides is 1. The minimum absolute atomic E-state index is 0.113. The predicted molar refractivity (Wildman–Crippen MR) is 93.7 cm³/mol. The molecule has 0 fully saturated rings. The fourth-order valence-corrected chi connectivity index (χ4v) is 2.40. The van der Waals surface area contributed by atoms with E-state index in [1.165, 1.54) is 7.11 Å². The first kappa shape index (κ1) is 18.0. The van der Waals surface area contributed by atoms with Crippen LogP contribution in [0.15, 0.2) is 30.3 Å². The van der Waals surface area contributed by atoms with Crippen LogP contribution >= 0.6 is 23.2 Å². The number of anilines is 1. The Morgan fingerprint density at radius 3 is 2.71 bits per heavy atom. The van der Waals surface area contributed by atoms with Crippen LogP contribution < -0.4 is 21.3 Å². The van der Waals surface area contributed by atoms with Crippen molar-refractivity contribution >= 4 is 40.5 Å². The monoisotopic (exact) mass is 367 g/mol.